The molecule has 0 N–H and O–H groups in total. The number of hydrogen-bond acceptors (Lipinski definition) is 7. The fourth-order valence-corrected chi connectivity index (χ4v) is 6.43. The molecule has 2 aliphatic heterocycles. The third-order valence-electron chi connectivity index (χ3n) is 8.31. The van der Waals surface area contributed by atoms with Crippen molar-refractivity contribution in [1.82, 2.24) is 24.6 Å². The molecule has 1 unspecified atom stereocenters. The standard InChI is InChI=1S/C31H34ClFN6O3/c1-6-24(40)38-14-19(4)39(15-18(38)3)30-22-12-23(32)26(25-17(2)9-10-20-13-34-37(5)29(20)25)27(33)28(22)35-31(36-30)42-21-8-7-11-41-16-21/h6,9-10,12-13,18-19,21H,1,7-8,11,14-16H2,2-5H3/t18-,19+,21?/m1/s1. The molecule has 1 amide bonds. The number of hydrogen-bond donors (Lipinski definition) is 0. The van der Waals surface area contributed by atoms with E-state index in [1.54, 1.807) is 21.8 Å². The molecule has 3 atom stereocenters. The lowest BCUT2D eigenvalue weighted by molar-refractivity contribution is -0.128. The van der Waals surface area contributed by atoms with Crippen molar-refractivity contribution in [2.45, 2.75) is 51.8 Å². The molecule has 42 heavy (non-hydrogen) atoms. The zero-order valence-electron chi connectivity index (χ0n) is 24.2. The Morgan fingerprint density at radius 2 is 2.02 bits per heavy atom. The molecular formula is C31H34ClFN6O3. The Kier molecular flexibility index (Phi) is 7.53. The van der Waals surface area contributed by atoms with Crippen LogP contribution >= 0.6 is 11.6 Å². The van der Waals surface area contributed by atoms with E-state index in [1.807, 2.05) is 40.0 Å². The van der Waals surface area contributed by atoms with Gasteiger partial charge in [0.1, 0.15) is 17.4 Å². The summed E-state index contributed by atoms with van der Waals surface area (Å²) in [5, 5.41) is 6.00. The first kappa shape index (κ1) is 28.4. The van der Waals surface area contributed by atoms with Gasteiger partial charge in [0.05, 0.1) is 23.3 Å². The van der Waals surface area contributed by atoms with Gasteiger partial charge in [0.2, 0.25) is 5.91 Å². The van der Waals surface area contributed by atoms with Crippen molar-refractivity contribution in [1.29, 1.82) is 0 Å². The highest BCUT2D eigenvalue weighted by Crippen LogP contribution is 2.43. The van der Waals surface area contributed by atoms with Gasteiger partial charge in [0, 0.05) is 60.7 Å². The van der Waals surface area contributed by atoms with Gasteiger partial charge in [-0.3, -0.25) is 9.48 Å². The van der Waals surface area contributed by atoms with E-state index in [0.717, 1.165) is 29.3 Å². The molecule has 4 aromatic rings. The molecular weight excluding hydrogens is 559 g/mol. The van der Waals surface area contributed by atoms with E-state index in [0.29, 0.717) is 43.1 Å². The Labute approximate surface area is 248 Å². The van der Waals surface area contributed by atoms with Gasteiger partial charge in [-0.1, -0.05) is 30.3 Å². The molecule has 2 fully saturated rings. The van der Waals surface area contributed by atoms with E-state index in [1.165, 1.54) is 6.08 Å². The van der Waals surface area contributed by atoms with E-state index < -0.39 is 5.82 Å². The summed E-state index contributed by atoms with van der Waals surface area (Å²) in [5.41, 5.74) is 2.69. The number of anilines is 1. The van der Waals surface area contributed by atoms with E-state index in [9.17, 15) is 4.79 Å². The minimum absolute atomic E-state index is 0.0834. The van der Waals surface area contributed by atoms with Crippen LogP contribution in [0.3, 0.4) is 0 Å². The minimum atomic E-state index is -0.552. The summed E-state index contributed by atoms with van der Waals surface area (Å²) < 4.78 is 30.4. The fourth-order valence-electron chi connectivity index (χ4n) is 6.14. The fraction of sp³-hybridized carbons (Fsp3) is 0.419. The summed E-state index contributed by atoms with van der Waals surface area (Å²) in [6, 6.07) is 5.48. The normalized spacial score (nSPS) is 21.2. The number of piperazine rings is 1. The van der Waals surface area contributed by atoms with Crippen LogP contribution in [0.4, 0.5) is 10.2 Å². The summed E-state index contributed by atoms with van der Waals surface area (Å²) >= 11 is 6.93. The number of ether oxygens (including phenoxy) is 2. The maximum Gasteiger partial charge on any atom is 0.319 e. The van der Waals surface area contributed by atoms with Gasteiger partial charge >= 0.3 is 6.01 Å². The quantitative estimate of drug-likeness (QED) is 0.285. The van der Waals surface area contributed by atoms with E-state index in [4.69, 9.17) is 26.1 Å². The molecule has 2 aromatic carbocycles. The summed E-state index contributed by atoms with van der Waals surface area (Å²) in [7, 11) is 1.83. The number of halogens is 2. The molecule has 9 nitrogen and oxygen atoms in total. The number of fused-ring (bicyclic) bond motifs is 2. The zero-order chi connectivity index (χ0) is 29.7. The number of amides is 1. The predicted molar refractivity (Wildman–Crippen MR) is 162 cm³/mol. The van der Waals surface area contributed by atoms with Gasteiger partial charge in [0.15, 0.2) is 5.82 Å². The topological polar surface area (TPSA) is 85.6 Å². The van der Waals surface area contributed by atoms with Crippen molar-refractivity contribution < 1.29 is 18.7 Å². The monoisotopic (exact) mass is 592 g/mol. The lowest BCUT2D eigenvalue weighted by atomic mass is 9.96. The van der Waals surface area contributed by atoms with E-state index in [2.05, 4.69) is 21.6 Å². The number of benzene rings is 2. The maximum atomic E-state index is 16.9. The number of carbonyl (C=O) groups is 1. The number of aryl methyl sites for hydroxylation is 2. The smallest absolute Gasteiger partial charge is 0.319 e. The molecule has 2 saturated heterocycles. The molecule has 220 valence electrons. The Morgan fingerprint density at radius 1 is 1.21 bits per heavy atom. The number of carbonyl (C=O) groups excluding carboxylic acids is 1. The molecule has 6 rings (SSSR count). The van der Waals surface area contributed by atoms with Crippen LogP contribution in [0.5, 0.6) is 6.01 Å². The molecule has 2 aromatic heterocycles. The number of nitrogens with zero attached hydrogens (tertiary/aromatic N) is 6. The highest BCUT2D eigenvalue weighted by Gasteiger charge is 2.34. The van der Waals surface area contributed by atoms with Crippen LogP contribution in [0.1, 0.15) is 32.3 Å². The average molecular weight is 593 g/mol. The van der Waals surface area contributed by atoms with Crippen LogP contribution in [0.2, 0.25) is 5.02 Å². The van der Waals surface area contributed by atoms with E-state index in [-0.39, 0.29) is 46.2 Å². The Balaban J connectivity index is 1.55. The van der Waals surface area contributed by atoms with Gasteiger partial charge in [-0.25, -0.2) is 4.39 Å². The maximum absolute atomic E-state index is 16.9. The van der Waals surface area contributed by atoms with Crippen molar-refractivity contribution >= 4 is 45.1 Å². The third-order valence-corrected chi connectivity index (χ3v) is 8.61. The van der Waals surface area contributed by atoms with Crippen LogP contribution in [0.15, 0.2) is 37.1 Å². The van der Waals surface area contributed by atoms with E-state index >= 15 is 4.39 Å². The third kappa shape index (κ3) is 4.86. The van der Waals surface area contributed by atoms with Gasteiger partial charge in [-0.15, -0.1) is 0 Å². The summed E-state index contributed by atoms with van der Waals surface area (Å²) in [5.74, 6) is -0.162. The Morgan fingerprint density at radius 3 is 2.76 bits per heavy atom. The second-order valence-corrected chi connectivity index (χ2v) is 11.6. The van der Waals surface area contributed by atoms with Crippen molar-refractivity contribution in [2.75, 3.05) is 31.2 Å². The highest BCUT2D eigenvalue weighted by atomic mass is 35.5. The Hall–Kier alpha value is -3.76. The largest absolute Gasteiger partial charge is 0.458 e. The first-order valence-electron chi connectivity index (χ1n) is 14.2. The molecule has 4 heterocycles. The van der Waals surface area contributed by atoms with Crippen LogP contribution in [0.25, 0.3) is 32.9 Å². The van der Waals surface area contributed by atoms with Crippen molar-refractivity contribution in [3.63, 3.8) is 0 Å². The highest BCUT2D eigenvalue weighted by molar-refractivity contribution is 6.35. The summed E-state index contributed by atoms with van der Waals surface area (Å²) in [4.78, 5) is 25.8. The number of aromatic nitrogens is 4. The molecule has 0 spiro atoms. The van der Waals surface area contributed by atoms with Gasteiger partial charge < -0.3 is 19.3 Å². The molecule has 0 aliphatic carbocycles. The Bertz CT molecular complexity index is 1700. The van der Waals surface area contributed by atoms with Crippen LogP contribution in [-0.2, 0) is 16.6 Å². The van der Waals surface area contributed by atoms with Gasteiger partial charge in [-0.05, 0) is 51.3 Å². The van der Waals surface area contributed by atoms with Gasteiger partial charge in [-0.2, -0.15) is 15.1 Å². The van der Waals surface area contributed by atoms with Crippen molar-refractivity contribution in [2.24, 2.45) is 7.05 Å². The molecule has 0 saturated carbocycles. The lowest BCUT2D eigenvalue weighted by Gasteiger charge is -2.44. The first-order chi connectivity index (χ1) is 20.2. The second kappa shape index (κ2) is 11.1. The molecule has 2 aliphatic rings. The summed E-state index contributed by atoms with van der Waals surface area (Å²) in [6.07, 6.45) is 4.51. The molecule has 11 heteroatoms. The number of rotatable bonds is 5. The van der Waals surface area contributed by atoms with Crippen LogP contribution in [-0.4, -0.2) is 75.0 Å². The summed E-state index contributed by atoms with van der Waals surface area (Å²) in [6.45, 7) is 11.6. The lowest BCUT2D eigenvalue weighted by Crippen LogP contribution is -2.58. The average Bonchev–Trinajstić information content (AvgIpc) is 3.35. The zero-order valence-corrected chi connectivity index (χ0v) is 25.0. The second-order valence-electron chi connectivity index (χ2n) is 11.2. The van der Waals surface area contributed by atoms with Crippen molar-refractivity contribution in [3.05, 3.63) is 53.5 Å². The van der Waals surface area contributed by atoms with Crippen molar-refractivity contribution in [3.8, 4) is 17.1 Å². The predicted octanol–water partition coefficient (Wildman–Crippen LogP) is 5.45. The SMILES string of the molecule is C=CC(=O)N1C[C@H](C)N(c2nc(OC3CCCOC3)nc3c(F)c(-c4c(C)ccc5cnn(C)c45)c(Cl)cc23)C[C@H]1C. The first-order valence-corrected chi connectivity index (χ1v) is 14.6. The molecule has 0 radical (unpaired) electrons. The molecule has 0 bridgehead atoms. The van der Waals surface area contributed by atoms with Gasteiger partial charge in [0.25, 0.3) is 0 Å². The van der Waals surface area contributed by atoms with Crippen LogP contribution < -0.4 is 9.64 Å². The minimum Gasteiger partial charge on any atom is -0.458 e. The van der Waals surface area contributed by atoms with Crippen LogP contribution in [0, 0.1) is 12.7 Å².